The summed E-state index contributed by atoms with van der Waals surface area (Å²) in [5.41, 5.74) is 1.33. The largest absolute Gasteiger partial charge is 0.383 e. The Morgan fingerprint density at radius 3 is 2.70 bits per heavy atom. The van der Waals surface area contributed by atoms with E-state index in [4.69, 9.17) is 4.74 Å². The average Bonchev–Trinajstić information content (AvgIpc) is 2.97. The quantitative estimate of drug-likeness (QED) is 0.809. The number of ether oxygens (including phenoxy) is 1. The van der Waals surface area contributed by atoms with Gasteiger partial charge in [0.1, 0.15) is 0 Å². The standard InChI is InChI=1S/C16H22N2O2/c1-20-8-7-18-11-14-10-17(12-15(14)16(18)19)9-13-5-3-2-4-6-13/h2-6,14-15H,7-12H2,1H3/t14-,15-/m0/s1. The van der Waals surface area contributed by atoms with Crippen LogP contribution in [-0.4, -0.2) is 55.6 Å². The number of hydrogen-bond donors (Lipinski definition) is 0. The Hall–Kier alpha value is -1.39. The molecule has 2 heterocycles. The van der Waals surface area contributed by atoms with Crippen LogP contribution in [0, 0.1) is 11.8 Å². The SMILES string of the molecule is COCCN1C[C@@H]2CN(Cc3ccccc3)C[C@@H]2C1=O. The number of nitrogens with zero attached hydrogens (tertiary/aromatic N) is 2. The topological polar surface area (TPSA) is 32.8 Å². The Bertz CT molecular complexity index is 463. The van der Waals surface area contributed by atoms with E-state index in [0.29, 0.717) is 18.4 Å². The number of carbonyl (C=O) groups is 1. The van der Waals surface area contributed by atoms with Crippen LogP contribution in [0.4, 0.5) is 0 Å². The van der Waals surface area contributed by atoms with Crippen LogP contribution >= 0.6 is 0 Å². The first-order valence-electron chi connectivity index (χ1n) is 7.32. The highest BCUT2D eigenvalue weighted by Crippen LogP contribution is 2.32. The van der Waals surface area contributed by atoms with Crippen LogP contribution in [0.15, 0.2) is 30.3 Å². The van der Waals surface area contributed by atoms with Crippen molar-refractivity contribution >= 4 is 5.91 Å². The Morgan fingerprint density at radius 2 is 2.00 bits per heavy atom. The highest BCUT2D eigenvalue weighted by Gasteiger charge is 2.45. The van der Waals surface area contributed by atoms with Crippen LogP contribution in [0.1, 0.15) is 5.56 Å². The molecule has 2 aliphatic rings. The second kappa shape index (κ2) is 5.94. The lowest BCUT2D eigenvalue weighted by molar-refractivity contribution is -0.131. The highest BCUT2D eigenvalue weighted by atomic mass is 16.5. The molecule has 2 atom stereocenters. The summed E-state index contributed by atoms with van der Waals surface area (Å²) in [4.78, 5) is 16.7. The van der Waals surface area contributed by atoms with Crippen molar-refractivity contribution in [3.05, 3.63) is 35.9 Å². The minimum Gasteiger partial charge on any atom is -0.383 e. The zero-order chi connectivity index (χ0) is 13.9. The smallest absolute Gasteiger partial charge is 0.227 e. The van der Waals surface area contributed by atoms with Crippen molar-refractivity contribution in [3.63, 3.8) is 0 Å². The van der Waals surface area contributed by atoms with Gasteiger partial charge < -0.3 is 9.64 Å². The van der Waals surface area contributed by atoms with Gasteiger partial charge in [-0.1, -0.05) is 30.3 Å². The minimum absolute atomic E-state index is 0.204. The van der Waals surface area contributed by atoms with Gasteiger partial charge in [-0.2, -0.15) is 0 Å². The molecule has 3 rings (SSSR count). The number of rotatable bonds is 5. The third-order valence-corrected chi connectivity index (χ3v) is 4.41. The molecule has 1 aromatic rings. The molecule has 0 saturated carbocycles. The molecule has 2 aliphatic heterocycles. The summed E-state index contributed by atoms with van der Waals surface area (Å²) in [6.07, 6.45) is 0. The van der Waals surface area contributed by atoms with E-state index < -0.39 is 0 Å². The molecule has 0 N–H and O–H groups in total. The fourth-order valence-electron chi connectivity index (χ4n) is 3.41. The maximum atomic E-state index is 12.3. The second-order valence-corrected chi connectivity index (χ2v) is 5.82. The van der Waals surface area contributed by atoms with Gasteiger partial charge in [0.05, 0.1) is 12.5 Å². The fraction of sp³-hybridized carbons (Fsp3) is 0.562. The maximum absolute atomic E-state index is 12.3. The fourth-order valence-corrected chi connectivity index (χ4v) is 3.41. The van der Waals surface area contributed by atoms with E-state index in [9.17, 15) is 4.79 Å². The summed E-state index contributed by atoms with van der Waals surface area (Å²) >= 11 is 0. The molecule has 4 heteroatoms. The Balaban J connectivity index is 1.56. The van der Waals surface area contributed by atoms with Gasteiger partial charge in [-0.3, -0.25) is 9.69 Å². The number of amides is 1. The van der Waals surface area contributed by atoms with Crippen LogP contribution in [0.25, 0.3) is 0 Å². The van der Waals surface area contributed by atoms with E-state index >= 15 is 0 Å². The molecular weight excluding hydrogens is 252 g/mol. The number of carbonyl (C=O) groups excluding carboxylic acids is 1. The third kappa shape index (κ3) is 2.72. The highest BCUT2D eigenvalue weighted by molar-refractivity contribution is 5.82. The van der Waals surface area contributed by atoms with Crippen molar-refractivity contribution < 1.29 is 9.53 Å². The molecule has 1 aromatic carbocycles. The molecule has 0 radical (unpaired) electrons. The lowest BCUT2D eigenvalue weighted by Gasteiger charge is -2.21. The predicted octanol–water partition coefficient (Wildman–Crippen LogP) is 1.22. The van der Waals surface area contributed by atoms with Gasteiger partial charge in [-0.25, -0.2) is 0 Å². The molecule has 108 valence electrons. The molecule has 0 unspecified atom stereocenters. The van der Waals surface area contributed by atoms with Crippen LogP contribution in [0.3, 0.4) is 0 Å². The second-order valence-electron chi connectivity index (χ2n) is 5.82. The lowest BCUT2D eigenvalue weighted by Crippen LogP contribution is -2.34. The van der Waals surface area contributed by atoms with Gasteiger partial charge in [0.25, 0.3) is 0 Å². The molecule has 4 nitrogen and oxygen atoms in total. The van der Waals surface area contributed by atoms with E-state index in [-0.39, 0.29) is 5.92 Å². The zero-order valence-electron chi connectivity index (χ0n) is 12.0. The maximum Gasteiger partial charge on any atom is 0.227 e. The summed E-state index contributed by atoms with van der Waals surface area (Å²) < 4.78 is 5.07. The van der Waals surface area contributed by atoms with Gasteiger partial charge in [-0.15, -0.1) is 0 Å². The van der Waals surface area contributed by atoms with Crippen molar-refractivity contribution in [3.8, 4) is 0 Å². The van der Waals surface area contributed by atoms with Crippen LogP contribution in [0.5, 0.6) is 0 Å². The molecule has 0 bridgehead atoms. The molecule has 20 heavy (non-hydrogen) atoms. The van der Waals surface area contributed by atoms with E-state index in [0.717, 1.165) is 32.7 Å². The number of likely N-dealkylation sites (tertiary alicyclic amines) is 2. The van der Waals surface area contributed by atoms with E-state index in [2.05, 4.69) is 29.2 Å². The molecule has 2 saturated heterocycles. The summed E-state index contributed by atoms with van der Waals surface area (Å²) in [5, 5.41) is 0. The van der Waals surface area contributed by atoms with Gasteiger partial charge in [-0.05, 0) is 5.56 Å². The minimum atomic E-state index is 0.204. The Morgan fingerprint density at radius 1 is 1.20 bits per heavy atom. The first-order valence-corrected chi connectivity index (χ1v) is 7.32. The van der Waals surface area contributed by atoms with Gasteiger partial charge in [0.2, 0.25) is 5.91 Å². The van der Waals surface area contributed by atoms with Crippen molar-refractivity contribution in [2.45, 2.75) is 6.54 Å². The van der Waals surface area contributed by atoms with Crippen LogP contribution in [0.2, 0.25) is 0 Å². The predicted molar refractivity (Wildman–Crippen MR) is 77.2 cm³/mol. The summed E-state index contributed by atoms with van der Waals surface area (Å²) in [5.74, 6) is 1.03. The number of fused-ring (bicyclic) bond motifs is 1. The van der Waals surface area contributed by atoms with Crippen molar-refractivity contribution in [1.82, 2.24) is 9.80 Å². The third-order valence-electron chi connectivity index (χ3n) is 4.41. The van der Waals surface area contributed by atoms with Gasteiger partial charge in [0.15, 0.2) is 0 Å². The molecule has 0 aliphatic carbocycles. The molecule has 2 fully saturated rings. The van der Waals surface area contributed by atoms with Gasteiger partial charge >= 0.3 is 0 Å². The number of hydrogen-bond acceptors (Lipinski definition) is 3. The van der Waals surface area contributed by atoms with Crippen LogP contribution in [-0.2, 0) is 16.1 Å². The lowest BCUT2D eigenvalue weighted by atomic mass is 10.0. The Kier molecular flexibility index (Phi) is 4.03. The Labute approximate surface area is 120 Å². The summed E-state index contributed by atoms with van der Waals surface area (Å²) in [7, 11) is 1.68. The summed E-state index contributed by atoms with van der Waals surface area (Å²) in [6, 6.07) is 10.5. The van der Waals surface area contributed by atoms with Crippen molar-refractivity contribution in [2.24, 2.45) is 11.8 Å². The van der Waals surface area contributed by atoms with E-state index in [1.807, 2.05) is 11.0 Å². The van der Waals surface area contributed by atoms with Crippen molar-refractivity contribution in [1.29, 1.82) is 0 Å². The molecule has 0 spiro atoms. The summed E-state index contributed by atoms with van der Waals surface area (Å²) in [6.45, 7) is 5.17. The average molecular weight is 274 g/mol. The molecule has 1 amide bonds. The number of methoxy groups -OCH3 is 1. The van der Waals surface area contributed by atoms with E-state index in [1.165, 1.54) is 5.56 Å². The normalized spacial score (nSPS) is 26.2. The van der Waals surface area contributed by atoms with Gasteiger partial charge in [0, 0.05) is 45.8 Å². The monoisotopic (exact) mass is 274 g/mol. The van der Waals surface area contributed by atoms with Crippen LogP contribution < -0.4 is 0 Å². The first-order chi connectivity index (χ1) is 9.78. The molecule has 0 aromatic heterocycles. The number of benzene rings is 1. The zero-order valence-corrected chi connectivity index (χ0v) is 12.0. The van der Waals surface area contributed by atoms with E-state index in [1.54, 1.807) is 7.11 Å². The van der Waals surface area contributed by atoms with Crippen molar-refractivity contribution in [2.75, 3.05) is 39.9 Å². The first kappa shape index (κ1) is 13.6. The molecular formula is C16H22N2O2.